The lowest BCUT2D eigenvalue weighted by Crippen LogP contribution is -2.17. The number of nitrogens with one attached hydrogen (secondary N) is 1. The van der Waals surface area contributed by atoms with Crippen LogP contribution in [0.5, 0.6) is 5.75 Å². The van der Waals surface area contributed by atoms with Gasteiger partial charge in [-0.1, -0.05) is 24.3 Å². The van der Waals surface area contributed by atoms with Crippen molar-refractivity contribution in [1.29, 1.82) is 0 Å². The highest BCUT2D eigenvalue weighted by Crippen LogP contribution is 2.27. The average Bonchev–Trinajstić information content (AvgIpc) is 2.97. The van der Waals surface area contributed by atoms with Gasteiger partial charge in [0.1, 0.15) is 11.6 Å². The molecular formula is C18H20FNO. The van der Waals surface area contributed by atoms with E-state index in [1.54, 1.807) is 0 Å². The molecule has 0 bridgehead atoms. The molecular weight excluding hydrogens is 265 g/mol. The molecule has 0 aromatic heterocycles. The molecule has 2 aromatic rings. The van der Waals surface area contributed by atoms with Gasteiger partial charge >= 0.3 is 0 Å². The Morgan fingerprint density at radius 2 is 2.00 bits per heavy atom. The van der Waals surface area contributed by atoms with Crippen LogP contribution in [0.4, 0.5) is 4.39 Å². The summed E-state index contributed by atoms with van der Waals surface area (Å²) >= 11 is 0. The Morgan fingerprint density at radius 1 is 1.19 bits per heavy atom. The highest BCUT2D eigenvalue weighted by atomic mass is 19.1. The van der Waals surface area contributed by atoms with Crippen molar-refractivity contribution in [1.82, 2.24) is 5.32 Å². The Hall–Kier alpha value is -1.87. The van der Waals surface area contributed by atoms with Gasteiger partial charge in [0, 0.05) is 12.5 Å². The fraction of sp³-hybridized carbons (Fsp3) is 0.333. The van der Waals surface area contributed by atoms with Crippen LogP contribution < -0.4 is 10.1 Å². The minimum Gasteiger partial charge on any atom is -0.493 e. The summed E-state index contributed by atoms with van der Waals surface area (Å²) in [7, 11) is 1.95. The first kappa shape index (κ1) is 14.1. The molecule has 1 heterocycles. The van der Waals surface area contributed by atoms with E-state index in [9.17, 15) is 4.39 Å². The number of hydrogen-bond donors (Lipinski definition) is 1. The van der Waals surface area contributed by atoms with Crippen LogP contribution in [0.2, 0.25) is 0 Å². The monoisotopic (exact) mass is 285 g/mol. The first-order valence-electron chi connectivity index (χ1n) is 7.43. The molecule has 0 saturated heterocycles. The van der Waals surface area contributed by atoms with Gasteiger partial charge in [-0.15, -0.1) is 0 Å². The van der Waals surface area contributed by atoms with Crippen molar-refractivity contribution in [3.05, 3.63) is 65.0 Å². The molecule has 1 atom stereocenters. The second-order valence-corrected chi connectivity index (χ2v) is 5.47. The summed E-state index contributed by atoms with van der Waals surface area (Å²) in [5, 5.41) is 3.31. The number of halogens is 1. The molecule has 0 saturated carbocycles. The van der Waals surface area contributed by atoms with E-state index >= 15 is 0 Å². The SMILES string of the molecule is CNC(CCc1ccc2c(c1)CCO2)c1ccc(F)cc1. The first-order valence-corrected chi connectivity index (χ1v) is 7.43. The summed E-state index contributed by atoms with van der Waals surface area (Å²) in [5.74, 6) is 0.842. The van der Waals surface area contributed by atoms with E-state index in [2.05, 4.69) is 23.5 Å². The fourth-order valence-electron chi connectivity index (χ4n) is 2.88. The highest BCUT2D eigenvalue weighted by molar-refractivity contribution is 5.39. The summed E-state index contributed by atoms with van der Waals surface area (Å²) in [6.45, 7) is 0.799. The molecule has 1 N–H and O–H groups in total. The topological polar surface area (TPSA) is 21.3 Å². The molecule has 21 heavy (non-hydrogen) atoms. The Labute approximate surface area is 125 Å². The third-order valence-electron chi connectivity index (χ3n) is 4.10. The quantitative estimate of drug-likeness (QED) is 0.905. The predicted octanol–water partition coefficient (Wildman–Crippen LogP) is 3.65. The summed E-state index contributed by atoms with van der Waals surface area (Å²) in [5.41, 5.74) is 3.78. The van der Waals surface area contributed by atoms with Crippen LogP contribution in [0.3, 0.4) is 0 Å². The van der Waals surface area contributed by atoms with E-state index in [0.717, 1.165) is 37.2 Å². The maximum atomic E-state index is 13.0. The van der Waals surface area contributed by atoms with Gasteiger partial charge in [0.15, 0.2) is 0 Å². The molecule has 0 fully saturated rings. The lowest BCUT2D eigenvalue weighted by Gasteiger charge is -2.17. The van der Waals surface area contributed by atoms with E-state index in [-0.39, 0.29) is 11.9 Å². The number of rotatable bonds is 5. The zero-order valence-electron chi connectivity index (χ0n) is 12.2. The Bertz CT molecular complexity index is 609. The van der Waals surface area contributed by atoms with Crippen LogP contribution in [0.15, 0.2) is 42.5 Å². The second kappa shape index (κ2) is 6.27. The fourth-order valence-corrected chi connectivity index (χ4v) is 2.88. The van der Waals surface area contributed by atoms with Crippen molar-refractivity contribution in [2.45, 2.75) is 25.3 Å². The third kappa shape index (κ3) is 3.24. The lowest BCUT2D eigenvalue weighted by atomic mass is 9.98. The van der Waals surface area contributed by atoms with E-state index in [4.69, 9.17) is 4.74 Å². The van der Waals surface area contributed by atoms with Crippen molar-refractivity contribution in [2.75, 3.05) is 13.7 Å². The predicted molar refractivity (Wildman–Crippen MR) is 82.2 cm³/mol. The number of ether oxygens (including phenoxy) is 1. The molecule has 3 rings (SSSR count). The second-order valence-electron chi connectivity index (χ2n) is 5.47. The summed E-state index contributed by atoms with van der Waals surface area (Å²) in [4.78, 5) is 0. The van der Waals surface area contributed by atoms with Crippen LogP contribution in [0, 0.1) is 5.82 Å². The molecule has 2 nitrogen and oxygen atoms in total. The van der Waals surface area contributed by atoms with Gasteiger partial charge in [-0.3, -0.25) is 0 Å². The number of aryl methyl sites for hydroxylation is 1. The zero-order valence-corrected chi connectivity index (χ0v) is 12.2. The molecule has 1 aliphatic heterocycles. The maximum absolute atomic E-state index is 13.0. The summed E-state index contributed by atoms with van der Waals surface area (Å²) < 4.78 is 18.5. The minimum absolute atomic E-state index is 0.188. The third-order valence-corrected chi connectivity index (χ3v) is 4.10. The van der Waals surface area contributed by atoms with Crippen molar-refractivity contribution in [2.24, 2.45) is 0 Å². The van der Waals surface area contributed by atoms with Gasteiger partial charge in [0.05, 0.1) is 6.61 Å². The molecule has 110 valence electrons. The van der Waals surface area contributed by atoms with E-state index in [1.807, 2.05) is 19.2 Å². The molecule has 3 heteroatoms. The molecule has 2 aromatic carbocycles. The number of benzene rings is 2. The molecule has 0 amide bonds. The van der Waals surface area contributed by atoms with Crippen LogP contribution in [0.25, 0.3) is 0 Å². The van der Waals surface area contributed by atoms with Gasteiger partial charge in [-0.05, 0) is 54.8 Å². The van der Waals surface area contributed by atoms with Gasteiger partial charge in [-0.25, -0.2) is 4.39 Å². The van der Waals surface area contributed by atoms with Crippen molar-refractivity contribution in [3.8, 4) is 5.75 Å². The van der Waals surface area contributed by atoms with Gasteiger partial charge in [-0.2, -0.15) is 0 Å². The summed E-state index contributed by atoms with van der Waals surface area (Å²) in [6.07, 6.45) is 2.99. The lowest BCUT2D eigenvalue weighted by molar-refractivity contribution is 0.357. The van der Waals surface area contributed by atoms with Gasteiger partial charge in [0.2, 0.25) is 0 Å². The van der Waals surface area contributed by atoms with Crippen LogP contribution >= 0.6 is 0 Å². The van der Waals surface area contributed by atoms with Crippen LogP contribution in [-0.2, 0) is 12.8 Å². The first-order chi connectivity index (χ1) is 10.3. The van der Waals surface area contributed by atoms with Crippen LogP contribution in [-0.4, -0.2) is 13.7 Å². The smallest absolute Gasteiger partial charge is 0.123 e. The zero-order chi connectivity index (χ0) is 14.7. The summed E-state index contributed by atoms with van der Waals surface area (Å²) in [6, 6.07) is 13.5. The number of fused-ring (bicyclic) bond motifs is 1. The van der Waals surface area contributed by atoms with E-state index < -0.39 is 0 Å². The Kier molecular flexibility index (Phi) is 4.20. The molecule has 0 aliphatic carbocycles. The standard InChI is InChI=1S/C18H20FNO/c1-20-17(14-4-6-16(19)7-5-14)8-2-13-3-9-18-15(12-13)10-11-21-18/h3-7,9,12,17,20H,2,8,10-11H2,1H3. The van der Waals surface area contributed by atoms with Gasteiger partial charge in [0.25, 0.3) is 0 Å². The highest BCUT2D eigenvalue weighted by Gasteiger charge is 2.13. The van der Waals surface area contributed by atoms with Crippen molar-refractivity contribution in [3.63, 3.8) is 0 Å². The largest absolute Gasteiger partial charge is 0.493 e. The van der Waals surface area contributed by atoms with Gasteiger partial charge < -0.3 is 10.1 Å². The van der Waals surface area contributed by atoms with Crippen molar-refractivity contribution >= 4 is 0 Å². The molecule has 0 radical (unpaired) electrons. The normalized spacial score (nSPS) is 14.6. The van der Waals surface area contributed by atoms with E-state index in [0.29, 0.717) is 0 Å². The van der Waals surface area contributed by atoms with E-state index in [1.165, 1.54) is 23.3 Å². The van der Waals surface area contributed by atoms with Crippen molar-refractivity contribution < 1.29 is 9.13 Å². The Balaban J connectivity index is 1.66. The maximum Gasteiger partial charge on any atom is 0.123 e. The average molecular weight is 285 g/mol. The molecule has 1 unspecified atom stereocenters. The number of hydrogen-bond acceptors (Lipinski definition) is 2. The Morgan fingerprint density at radius 3 is 2.76 bits per heavy atom. The van der Waals surface area contributed by atoms with Crippen LogP contribution in [0.1, 0.15) is 29.2 Å². The molecule has 0 spiro atoms. The molecule has 1 aliphatic rings. The minimum atomic E-state index is -0.188.